The molecule has 2 unspecified atom stereocenters. The lowest BCUT2D eigenvalue weighted by atomic mass is 10.00. The molecular formula is C14H20ClIN2O. The van der Waals surface area contributed by atoms with Crippen LogP contribution in [0.1, 0.15) is 35.7 Å². The number of carbonyl (C=O) groups excluding carboxylic acids is 1. The molecule has 1 saturated heterocycles. The Bertz CT molecular complexity index is 453. The summed E-state index contributed by atoms with van der Waals surface area (Å²) in [5.74, 6) is 0.0482. The Morgan fingerprint density at radius 2 is 2.21 bits per heavy atom. The highest BCUT2D eigenvalue weighted by atomic mass is 127. The maximum atomic E-state index is 12.1. The summed E-state index contributed by atoms with van der Waals surface area (Å²) >= 11 is 2.27. The molecule has 106 valence electrons. The molecule has 2 rings (SSSR count). The van der Waals surface area contributed by atoms with Gasteiger partial charge in [0.2, 0.25) is 0 Å². The SMILES string of the molecule is Cc1ccc(C(=O)NC2CCNC(C)C2)cc1I.Cl. The van der Waals surface area contributed by atoms with Crippen molar-refractivity contribution in [2.45, 2.75) is 38.8 Å². The first-order valence-corrected chi connectivity index (χ1v) is 7.44. The van der Waals surface area contributed by atoms with Gasteiger partial charge in [0.05, 0.1) is 0 Å². The third-order valence-corrected chi connectivity index (χ3v) is 4.56. The van der Waals surface area contributed by atoms with Gasteiger partial charge in [0.25, 0.3) is 5.91 Å². The van der Waals surface area contributed by atoms with Crippen LogP contribution in [0.2, 0.25) is 0 Å². The van der Waals surface area contributed by atoms with Crippen molar-refractivity contribution < 1.29 is 4.79 Å². The molecule has 0 aromatic heterocycles. The molecule has 0 spiro atoms. The van der Waals surface area contributed by atoms with Gasteiger partial charge in [-0.05, 0) is 73.5 Å². The van der Waals surface area contributed by atoms with E-state index in [1.54, 1.807) is 0 Å². The largest absolute Gasteiger partial charge is 0.349 e. The number of benzene rings is 1. The maximum absolute atomic E-state index is 12.1. The van der Waals surface area contributed by atoms with E-state index in [0.29, 0.717) is 12.1 Å². The smallest absolute Gasteiger partial charge is 0.251 e. The number of hydrogen-bond donors (Lipinski definition) is 2. The van der Waals surface area contributed by atoms with Crippen LogP contribution in [0.4, 0.5) is 0 Å². The van der Waals surface area contributed by atoms with Gasteiger partial charge in [-0.2, -0.15) is 0 Å². The number of rotatable bonds is 2. The van der Waals surface area contributed by atoms with Crippen molar-refractivity contribution in [1.29, 1.82) is 0 Å². The zero-order valence-electron chi connectivity index (χ0n) is 11.2. The normalized spacial score (nSPS) is 22.5. The number of amides is 1. The first kappa shape index (κ1) is 16.7. The summed E-state index contributed by atoms with van der Waals surface area (Å²) in [7, 11) is 0. The zero-order valence-corrected chi connectivity index (χ0v) is 14.2. The Morgan fingerprint density at radius 3 is 2.84 bits per heavy atom. The van der Waals surface area contributed by atoms with Crippen LogP contribution in [-0.2, 0) is 0 Å². The summed E-state index contributed by atoms with van der Waals surface area (Å²) < 4.78 is 1.14. The van der Waals surface area contributed by atoms with E-state index < -0.39 is 0 Å². The number of nitrogens with one attached hydrogen (secondary N) is 2. The van der Waals surface area contributed by atoms with Crippen molar-refractivity contribution in [1.82, 2.24) is 10.6 Å². The second kappa shape index (κ2) is 7.45. The molecule has 2 atom stereocenters. The Hall–Kier alpha value is -0.330. The minimum Gasteiger partial charge on any atom is -0.349 e. The second-order valence-electron chi connectivity index (χ2n) is 5.01. The minimum absolute atomic E-state index is 0. The molecule has 1 aromatic carbocycles. The highest BCUT2D eigenvalue weighted by molar-refractivity contribution is 14.1. The van der Waals surface area contributed by atoms with Crippen LogP contribution in [0, 0.1) is 10.5 Å². The van der Waals surface area contributed by atoms with Crippen LogP contribution >= 0.6 is 35.0 Å². The minimum atomic E-state index is 0. The highest BCUT2D eigenvalue weighted by Gasteiger charge is 2.20. The van der Waals surface area contributed by atoms with Crippen molar-refractivity contribution >= 4 is 40.9 Å². The molecule has 19 heavy (non-hydrogen) atoms. The molecule has 1 fully saturated rings. The summed E-state index contributed by atoms with van der Waals surface area (Å²) in [6, 6.07) is 6.64. The summed E-state index contributed by atoms with van der Waals surface area (Å²) in [5.41, 5.74) is 1.97. The maximum Gasteiger partial charge on any atom is 0.251 e. The standard InChI is InChI=1S/C14H19IN2O.ClH/c1-9-3-4-11(8-13(9)15)14(18)17-12-5-6-16-10(2)7-12;/h3-4,8,10,12,16H,5-7H2,1-2H3,(H,17,18);1H. The lowest BCUT2D eigenvalue weighted by molar-refractivity contribution is 0.0925. The van der Waals surface area contributed by atoms with Crippen molar-refractivity contribution in [3.05, 3.63) is 32.9 Å². The van der Waals surface area contributed by atoms with Crippen LogP contribution in [0.25, 0.3) is 0 Å². The predicted octanol–water partition coefficient (Wildman–Crippen LogP) is 2.89. The quantitative estimate of drug-likeness (QED) is 0.757. The van der Waals surface area contributed by atoms with Crippen LogP contribution in [0.15, 0.2) is 18.2 Å². The van der Waals surface area contributed by atoms with Gasteiger partial charge >= 0.3 is 0 Å². The highest BCUT2D eigenvalue weighted by Crippen LogP contribution is 2.14. The lowest BCUT2D eigenvalue weighted by Gasteiger charge is -2.28. The zero-order chi connectivity index (χ0) is 13.1. The number of aryl methyl sites for hydroxylation is 1. The van der Waals surface area contributed by atoms with Crippen LogP contribution in [0.3, 0.4) is 0 Å². The fourth-order valence-corrected chi connectivity index (χ4v) is 2.78. The van der Waals surface area contributed by atoms with Gasteiger partial charge in [-0.3, -0.25) is 4.79 Å². The third kappa shape index (κ3) is 4.61. The molecule has 1 heterocycles. The van der Waals surface area contributed by atoms with Gasteiger partial charge in [0, 0.05) is 21.2 Å². The second-order valence-corrected chi connectivity index (χ2v) is 6.18. The topological polar surface area (TPSA) is 41.1 Å². The van der Waals surface area contributed by atoms with E-state index in [-0.39, 0.29) is 18.3 Å². The van der Waals surface area contributed by atoms with Crippen molar-refractivity contribution in [2.75, 3.05) is 6.54 Å². The van der Waals surface area contributed by atoms with E-state index in [4.69, 9.17) is 0 Å². The van der Waals surface area contributed by atoms with E-state index in [2.05, 4.69) is 47.1 Å². The summed E-state index contributed by atoms with van der Waals surface area (Å²) in [4.78, 5) is 12.1. The molecule has 5 heteroatoms. The molecule has 0 radical (unpaired) electrons. The lowest BCUT2D eigenvalue weighted by Crippen LogP contribution is -2.46. The molecular weight excluding hydrogens is 375 g/mol. The molecule has 0 bridgehead atoms. The third-order valence-electron chi connectivity index (χ3n) is 3.39. The van der Waals surface area contributed by atoms with Gasteiger partial charge < -0.3 is 10.6 Å². The molecule has 0 saturated carbocycles. The first-order valence-electron chi connectivity index (χ1n) is 6.36. The number of piperidine rings is 1. The summed E-state index contributed by atoms with van der Waals surface area (Å²) in [6.07, 6.45) is 2.02. The molecule has 3 nitrogen and oxygen atoms in total. The van der Waals surface area contributed by atoms with E-state index in [9.17, 15) is 4.79 Å². The van der Waals surface area contributed by atoms with Crippen molar-refractivity contribution in [3.8, 4) is 0 Å². The monoisotopic (exact) mass is 394 g/mol. The number of carbonyl (C=O) groups is 1. The van der Waals surface area contributed by atoms with Gasteiger partial charge in [-0.1, -0.05) is 6.07 Å². The van der Waals surface area contributed by atoms with E-state index in [1.807, 2.05) is 18.2 Å². The molecule has 1 aliphatic heterocycles. The molecule has 1 aromatic rings. The van der Waals surface area contributed by atoms with Gasteiger partial charge in [-0.25, -0.2) is 0 Å². The van der Waals surface area contributed by atoms with Crippen molar-refractivity contribution in [2.24, 2.45) is 0 Å². The van der Waals surface area contributed by atoms with Crippen LogP contribution in [0.5, 0.6) is 0 Å². The fraction of sp³-hybridized carbons (Fsp3) is 0.500. The predicted molar refractivity (Wildman–Crippen MR) is 89.1 cm³/mol. The Balaban J connectivity index is 0.00000180. The molecule has 1 aliphatic rings. The summed E-state index contributed by atoms with van der Waals surface area (Å²) in [6.45, 7) is 5.20. The van der Waals surface area contributed by atoms with E-state index in [0.717, 1.165) is 28.5 Å². The van der Waals surface area contributed by atoms with Gasteiger partial charge in [0.15, 0.2) is 0 Å². The van der Waals surface area contributed by atoms with Gasteiger partial charge in [-0.15, -0.1) is 12.4 Å². The first-order chi connectivity index (χ1) is 8.56. The van der Waals surface area contributed by atoms with E-state index in [1.165, 1.54) is 5.56 Å². The number of halogens is 2. The Kier molecular flexibility index (Phi) is 6.56. The Labute approximate surface area is 134 Å². The summed E-state index contributed by atoms with van der Waals surface area (Å²) in [5, 5.41) is 6.52. The average Bonchev–Trinajstić information content (AvgIpc) is 2.32. The molecule has 0 aliphatic carbocycles. The van der Waals surface area contributed by atoms with E-state index >= 15 is 0 Å². The average molecular weight is 395 g/mol. The fourth-order valence-electron chi connectivity index (χ4n) is 2.27. The number of hydrogen-bond acceptors (Lipinski definition) is 2. The van der Waals surface area contributed by atoms with Crippen LogP contribution < -0.4 is 10.6 Å². The molecule has 2 N–H and O–H groups in total. The molecule has 1 amide bonds. The van der Waals surface area contributed by atoms with Crippen LogP contribution in [-0.4, -0.2) is 24.5 Å². The van der Waals surface area contributed by atoms with Crippen molar-refractivity contribution in [3.63, 3.8) is 0 Å². The Morgan fingerprint density at radius 1 is 1.47 bits per heavy atom. The van der Waals surface area contributed by atoms with Gasteiger partial charge in [0.1, 0.15) is 0 Å².